The molecule has 30 heavy (non-hydrogen) atoms. The first kappa shape index (κ1) is 24.8. The second kappa shape index (κ2) is 15.3. The summed E-state index contributed by atoms with van der Waals surface area (Å²) in [6, 6.07) is 0. The van der Waals surface area contributed by atoms with E-state index in [9.17, 15) is 4.79 Å². The molecule has 168 valence electrons. The maximum Gasteiger partial charge on any atom is 0.306 e. The Labute approximate surface area is 183 Å². The van der Waals surface area contributed by atoms with Crippen LogP contribution in [0, 0.1) is 35.5 Å². The Bertz CT molecular complexity index is 606. The largest absolute Gasteiger partial charge is 0.452 e. The Morgan fingerprint density at radius 2 is 1.53 bits per heavy atom. The van der Waals surface area contributed by atoms with Crippen LogP contribution in [-0.4, -0.2) is 38.0 Å². The molecule has 2 aliphatic heterocycles. The number of fused-ring (bicyclic) bond motifs is 2. The van der Waals surface area contributed by atoms with E-state index in [2.05, 4.69) is 37.5 Å². The molecule has 2 bridgehead atoms. The van der Waals surface area contributed by atoms with Gasteiger partial charge in [-0.05, 0) is 44.4 Å². The minimum atomic E-state index is -0.124. The SMILES string of the molecule is CCCC#CCOCC1C2CCC(O2)C1CCCCCCC(=O)OCC#CCCC. The number of unbranched alkanes of at least 4 members (excludes halogenated alkanes) is 5. The van der Waals surface area contributed by atoms with Crippen molar-refractivity contribution in [3.8, 4) is 23.7 Å². The van der Waals surface area contributed by atoms with Crippen molar-refractivity contribution < 1.29 is 19.0 Å². The van der Waals surface area contributed by atoms with Crippen molar-refractivity contribution in [1.29, 1.82) is 0 Å². The number of carbonyl (C=O) groups excluding carboxylic acids is 1. The van der Waals surface area contributed by atoms with E-state index in [0.717, 1.165) is 51.6 Å². The van der Waals surface area contributed by atoms with Crippen LogP contribution in [0.15, 0.2) is 0 Å². The molecule has 2 rings (SSSR count). The molecule has 2 fully saturated rings. The summed E-state index contributed by atoms with van der Waals surface area (Å²) in [7, 11) is 0. The molecule has 4 atom stereocenters. The van der Waals surface area contributed by atoms with Crippen molar-refractivity contribution in [1.82, 2.24) is 0 Å². The minimum absolute atomic E-state index is 0.124. The summed E-state index contributed by atoms with van der Waals surface area (Å²) in [5, 5.41) is 0. The smallest absolute Gasteiger partial charge is 0.306 e. The molecule has 0 N–H and O–H groups in total. The van der Waals surface area contributed by atoms with Crippen molar-refractivity contribution in [2.24, 2.45) is 11.8 Å². The van der Waals surface area contributed by atoms with Crippen molar-refractivity contribution in [2.45, 2.75) is 103 Å². The zero-order valence-electron chi connectivity index (χ0n) is 19.0. The van der Waals surface area contributed by atoms with Gasteiger partial charge in [-0.15, -0.1) is 5.92 Å². The third kappa shape index (κ3) is 9.11. The molecule has 2 saturated heterocycles. The van der Waals surface area contributed by atoms with Crippen molar-refractivity contribution in [3.63, 3.8) is 0 Å². The number of esters is 1. The lowest BCUT2D eigenvalue weighted by Gasteiger charge is -2.27. The van der Waals surface area contributed by atoms with Crippen molar-refractivity contribution >= 4 is 5.97 Å². The van der Waals surface area contributed by atoms with Crippen molar-refractivity contribution in [2.75, 3.05) is 19.8 Å². The van der Waals surface area contributed by atoms with Crippen LogP contribution in [0.3, 0.4) is 0 Å². The zero-order chi connectivity index (χ0) is 21.4. The summed E-state index contributed by atoms with van der Waals surface area (Å²) in [5.41, 5.74) is 0. The predicted octanol–water partition coefficient (Wildman–Crippen LogP) is 5.29. The zero-order valence-corrected chi connectivity index (χ0v) is 19.0. The molecule has 0 radical (unpaired) electrons. The van der Waals surface area contributed by atoms with Gasteiger partial charge in [0.05, 0.1) is 18.8 Å². The van der Waals surface area contributed by atoms with Gasteiger partial charge in [0.2, 0.25) is 0 Å². The van der Waals surface area contributed by atoms with Crippen LogP contribution in [0.1, 0.15) is 90.9 Å². The van der Waals surface area contributed by atoms with Gasteiger partial charge in [-0.1, -0.05) is 50.9 Å². The molecule has 0 amide bonds. The Morgan fingerprint density at radius 1 is 0.867 bits per heavy atom. The normalized spacial score (nSPS) is 24.1. The van der Waals surface area contributed by atoms with Crippen LogP contribution in [0.2, 0.25) is 0 Å². The molecule has 0 aliphatic carbocycles. The summed E-state index contributed by atoms with van der Waals surface area (Å²) in [5.74, 6) is 13.1. The maximum absolute atomic E-state index is 11.7. The number of carbonyl (C=O) groups is 1. The Kier molecular flexibility index (Phi) is 12.7. The molecule has 0 saturated carbocycles. The van der Waals surface area contributed by atoms with Gasteiger partial charge in [0.15, 0.2) is 6.61 Å². The van der Waals surface area contributed by atoms with Gasteiger partial charge < -0.3 is 14.2 Å². The van der Waals surface area contributed by atoms with Crippen LogP contribution in [0.5, 0.6) is 0 Å². The molecule has 0 aromatic heterocycles. The van der Waals surface area contributed by atoms with Gasteiger partial charge in [-0.25, -0.2) is 0 Å². The van der Waals surface area contributed by atoms with Gasteiger partial charge >= 0.3 is 5.97 Å². The first-order valence-electron chi connectivity index (χ1n) is 12.1. The van der Waals surface area contributed by atoms with E-state index in [0.29, 0.717) is 37.1 Å². The first-order chi connectivity index (χ1) is 14.8. The fourth-order valence-electron chi connectivity index (χ4n) is 4.47. The van der Waals surface area contributed by atoms with E-state index in [1.54, 1.807) is 0 Å². The van der Waals surface area contributed by atoms with E-state index >= 15 is 0 Å². The molecular weight excluding hydrogens is 376 g/mol. The lowest BCUT2D eigenvalue weighted by Crippen LogP contribution is -2.31. The summed E-state index contributed by atoms with van der Waals surface area (Å²) >= 11 is 0. The fourth-order valence-corrected chi connectivity index (χ4v) is 4.47. The average molecular weight is 417 g/mol. The quantitative estimate of drug-likeness (QED) is 0.233. The van der Waals surface area contributed by atoms with E-state index in [4.69, 9.17) is 14.2 Å². The highest BCUT2D eigenvalue weighted by molar-refractivity contribution is 5.69. The van der Waals surface area contributed by atoms with E-state index in [1.807, 2.05) is 0 Å². The second-order valence-electron chi connectivity index (χ2n) is 8.45. The second-order valence-corrected chi connectivity index (χ2v) is 8.45. The third-order valence-corrected chi connectivity index (χ3v) is 6.05. The van der Waals surface area contributed by atoms with Gasteiger partial charge in [0.1, 0.15) is 6.61 Å². The van der Waals surface area contributed by atoms with Gasteiger partial charge in [0, 0.05) is 25.2 Å². The van der Waals surface area contributed by atoms with Gasteiger partial charge in [-0.2, -0.15) is 0 Å². The summed E-state index contributed by atoms with van der Waals surface area (Å²) in [6.07, 6.45) is 13.2. The van der Waals surface area contributed by atoms with E-state index in [1.165, 1.54) is 25.7 Å². The molecule has 4 unspecified atom stereocenters. The lowest BCUT2D eigenvalue weighted by atomic mass is 9.77. The molecule has 2 aliphatic rings. The number of hydrogen-bond acceptors (Lipinski definition) is 4. The minimum Gasteiger partial charge on any atom is -0.452 e. The molecule has 0 aromatic rings. The number of ether oxygens (including phenoxy) is 3. The molecule has 0 spiro atoms. The highest BCUT2D eigenvalue weighted by atomic mass is 16.5. The third-order valence-electron chi connectivity index (χ3n) is 6.05. The Morgan fingerprint density at radius 3 is 2.27 bits per heavy atom. The van der Waals surface area contributed by atoms with Crippen LogP contribution in [0.4, 0.5) is 0 Å². The molecule has 4 heteroatoms. The molecule has 4 nitrogen and oxygen atoms in total. The summed E-state index contributed by atoms with van der Waals surface area (Å²) < 4.78 is 17.2. The monoisotopic (exact) mass is 416 g/mol. The fraction of sp³-hybridized carbons (Fsp3) is 0.808. The standard InChI is InChI=1S/C26H40O4/c1-3-5-7-13-19-28-21-23-22(24-17-18-25(23)30-24)15-11-9-10-12-16-26(27)29-20-14-8-6-4-2/h22-25H,3-6,9-12,15-21H2,1-2H3. The number of hydrogen-bond donors (Lipinski definition) is 0. The highest BCUT2D eigenvalue weighted by Gasteiger charge is 2.48. The topological polar surface area (TPSA) is 44.8 Å². The van der Waals surface area contributed by atoms with Crippen LogP contribution >= 0.6 is 0 Å². The average Bonchev–Trinajstić information content (AvgIpc) is 3.35. The molecule has 0 aromatic carbocycles. The van der Waals surface area contributed by atoms with E-state index < -0.39 is 0 Å². The Balaban J connectivity index is 1.54. The summed E-state index contributed by atoms with van der Waals surface area (Å²) in [4.78, 5) is 11.7. The lowest BCUT2D eigenvalue weighted by molar-refractivity contribution is -0.142. The summed E-state index contributed by atoms with van der Waals surface area (Å²) in [6.45, 7) is 5.78. The van der Waals surface area contributed by atoms with E-state index in [-0.39, 0.29) is 12.6 Å². The Hall–Kier alpha value is -1.49. The van der Waals surface area contributed by atoms with Crippen LogP contribution in [-0.2, 0) is 19.0 Å². The highest BCUT2D eigenvalue weighted by Crippen LogP contribution is 2.45. The molecule has 2 heterocycles. The predicted molar refractivity (Wildman–Crippen MR) is 120 cm³/mol. The van der Waals surface area contributed by atoms with Crippen LogP contribution in [0.25, 0.3) is 0 Å². The maximum atomic E-state index is 11.7. The van der Waals surface area contributed by atoms with Crippen LogP contribution < -0.4 is 0 Å². The van der Waals surface area contributed by atoms with Crippen molar-refractivity contribution in [3.05, 3.63) is 0 Å². The first-order valence-corrected chi connectivity index (χ1v) is 12.1. The molecular formula is C26H40O4. The van der Waals surface area contributed by atoms with Gasteiger partial charge in [-0.3, -0.25) is 4.79 Å². The van der Waals surface area contributed by atoms with Gasteiger partial charge in [0.25, 0.3) is 0 Å². The number of rotatable bonds is 13.